The molecule has 1 aromatic carbocycles. The van der Waals surface area contributed by atoms with Gasteiger partial charge in [0.2, 0.25) is 0 Å². The number of benzene rings is 1. The SMILES string of the molecule is CCC1OC(=O)C(C)C(=O)C(C)[C@@H](OC2OC(C)CC(N(C)C)[C@H]2O)[C@@](C)(OC)CC(C)C(=O)C(C)[C@H]2N(CCN(C)Cc3ccnc4ccccc34)C(=O)O[C@]12CC. The minimum absolute atomic E-state index is 0.129. The summed E-state index contributed by atoms with van der Waals surface area (Å²) in [6, 6.07) is 8.87. The Bertz CT molecular complexity index is 1810. The van der Waals surface area contributed by atoms with Crippen LogP contribution in [0.2, 0.25) is 0 Å². The van der Waals surface area contributed by atoms with E-state index >= 15 is 0 Å². The lowest BCUT2D eigenvalue weighted by Crippen LogP contribution is -2.61. The van der Waals surface area contributed by atoms with Gasteiger partial charge < -0.3 is 38.6 Å². The molecule has 1 amide bonds. The zero-order chi connectivity index (χ0) is 43.6. The summed E-state index contributed by atoms with van der Waals surface area (Å²) in [6.07, 6.45) is -2.00. The van der Waals surface area contributed by atoms with Crippen molar-refractivity contribution in [1.82, 2.24) is 19.7 Å². The molecule has 3 aliphatic heterocycles. The maximum Gasteiger partial charge on any atom is 0.410 e. The predicted octanol–water partition coefficient (Wildman–Crippen LogP) is 5.26. The van der Waals surface area contributed by atoms with Gasteiger partial charge in [0, 0.05) is 62.1 Å². The fourth-order valence-electron chi connectivity index (χ4n) is 9.94. The molecule has 0 aliphatic carbocycles. The maximum absolute atomic E-state index is 14.9. The zero-order valence-electron chi connectivity index (χ0n) is 37.2. The number of amides is 1. The molecule has 8 unspecified atom stereocenters. The van der Waals surface area contributed by atoms with Gasteiger partial charge in [0.05, 0.1) is 29.4 Å². The van der Waals surface area contributed by atoms with Gasteiger partial charge in [0.1, 0.15) is 23.9 Å². The number of aromatic nitrogens is 1. The number of aliphatic hydroxyl groups is 1. The lowest BCUT2D eigenvalue weighted by atomic mass is 9.72. The van der Waals surface area contributed by atoms with Crippen molar-refractivity contribution < 1.29 is 48.0 Å². The molecule has 328 valence electrons. The number of hydrogen-bond donors (Lipinski definition) is 1. The van der Waals surface area contributed by atoms with Gasteiger partial charge in [0.25, 0.3) is 0 Å². The molecule has 3 aliphatic rings. The number of likely N-dealkylation sites (N-methyl/N-ethyl adjacent to an activating group) is 2. The molecule has 3 fully saturated rings. The average molecular weight is 825 g/mol. The highest BCUT2D eigenvalue weighted by Crippen LogP contribution is 2.45. The monoisotopic (exact) mass is 824 g/mol. The minimum Gasteiger partial charge on any atom is -0.457 e. The molecule has 5 rings (SSSR count). The molecule has 4 heterocycles. The number of rotatable bonds is 11. The van der Waals surface area contributed by atoms with Crippen LogP contribution in [0.4, 0.5) is 4.79 Å². The van der Waals surface area contributed by atoms with Crippen molar-refractivity contribution in [2.75, 3.05) is 41.3 Å². The molecular weight excluding hydrogens is 757 g/mol. The summed E-state index contributed by atoms with van der Waals surface area (Å²) in [5.74, 6) is -4.95. The molecule has 14 heteroatoms. The predicted molar refractivity (Wildman–Crippen MR) is 222 cm³/mol. The summed E-state index contributed by atoms with van der Waals surface area (Å²) in [7, 11) is 7.23. The number of methoxy groups -OCH3 is 1. The van der Waals surface area contributed by atoms with Crippen LogP contribution < -0.4 is 0 Å². The molecule has 2 aromatic rings. The fraction of sp³-hybridized carbons (Fsp3) is 0.711. The Morgan fingerprint density at radius 3 is 2.32 bits per heavy atom. The van der Waals surface area contributed by atoms with E-state index in [0.717, 1.165) is 16.5 Å². The molecular formula is C45H68N4O10. The highest BCUT2D eigenvalue weighted by atomic mass is 16.7. The normalized spacial score (nSPS) is 36.5. The van der Waals surface area contributed by atoms with E-state index in [1.807, 2.05) is 91.0 Å². The van der Waals surface area contributed by atoms with E-state index in [1.165, 1.54) is 14.0 Å². The van der Waals surface area contributed by atoms with Crippen LogP contribution in [-0.2, 0) is 44.6 Å². The number of carbonyl (C=O) groups excluding carboxylic acids is 4. The van der Waals surface area contributed by atoms with Crippen molar-refractivity contribution in [3.63, 3.8) is 0 Å². The Hall–Kier alpha value is -3.53. The van der Waals surface area contributed by atoms with E-state index in [1.54, 1.807) is 24.9 Å². The number of ketones is 2. The number of carbonyl (C=O) groups is 4. The topological polar surface area (TPSA) is 157 Å². The van der Waals surface area contributed by atoms with Gasteiger partial charge in [-0.1, -0.05) is 52.8 Å². The van der Waals surface area contributed by atoms with Crippen LogP contribution in [0.1, 0.15) is 86.6 Å². The first-order valence-corrected chi connectivity index (χ1v) is 21.3. The molecule has 0 bridgehead atoms. The summed E-state index contributed by atoms with van der Waals surface area (Å²) in [5, 5.41) is 12.5. The van der Waals surface area contributed by atoms with Crippen molar-refractivity contribution in [2.45, 2.75) is 142 Å². The summed E-state index contributed by atoms with van der Waals surface area (Å²) in [6.45, 7) is 15.5. The molecule has 0 saturated carbocycles. The number of nitrogens with zero attached hydrogens (tertiary/aromatic N) is 4. The Balaban J connectivity index is 1.51. The van der Waals surface area contributed by atoms with Gasteiger partial charge in [-0.05, 0) is 85.3 Å². The van der Waals surface area contributed by atoms with Gasteiger partial charge in [-0.25, -0.2) is 4.79 Å². The first kappa shape index (κ1) is 46.5. The van der Waals surface area contributed by atoms with Crippen LogP contribution in [-0.4, -0.2) is 144 Å². The highest BCUT2D eigenvalue weighted by Gasteiger charge is 2.62. The third-order valence-electron chi connectivity index (χ3n) is 13.4. The zero-order valence-corrected chi connectivity index (χ0v) is 37.2. The number of ether oxygens (including phenoxy) is 5. The number of hydrogen-bond acceptors (Lipinski definition) is 13. The number of esters is 1. The van der Waals surface area contributed by atoms with Crippen molar-refractivity contribution in [3.05, 3.63) is 42.1 Å². The molecule has 3 saturated heterocycles. The Morgan fingerprint density at radius 1 is 0.983 bits per heavy atom. The summed E-state index contributed by atoms with van der Waals surface area (Å²) >= 11 is 0. The number of Topliss-reactive ketones (excluding diaryl/α,β-unsaturated/α-hetero) is 2. The van der Waals surface area contributed by atoms with Crippen molar-refractivity contribution >= 4 is 34.5 Å². The Kier molecular flexibility index (Phi) is 15.0. The van der Waals surface area contributed by atoms with Crippen molar-refractivity contribution in [3.8, 4) is 0 Å². The van der Waals surface area contributed by atoms with Gasteiger partial charge in [-0.3, -0.25) is 24.3 Å². The molecule has 1 N–H and O–H groups in total. The van der Waals surface area contributed by atoms with Crippen LogP contribution in [0.5, 0.6) is 0 Å². The quantitative estimate of drug-likeness (QED) is 0.232. The van der Waals surface area contributed by atoms with Gasteiger partial charge in [0.15, 0.2) is 17.7 Å². The van der Waals surface area contributed by atoms with Crippen molar-refractivity contribution in [1.29, 1.82) is 0 Å². The Morgan fingerprint density at radius 2 is 1.68 bits per heavy atom. The number of para-hydroxylation sites is 1. The highest BCUT2D eigenvalue weighted by molar-refractivity contribution is 6.00. The van der Waals surface area contributed by atoms with E-state index in [0.29, 0.717) is 19.5 Å². The lowest BCUT2D eigenvalue weighted by Gasteiger charge is -2.47. The second-order valence-corrected chi connectivity index (χ2v) is 17.7. The lowest BCUT2D eigenvalue weighted by molar-refractivity contribution is -0.295. The fourth-order valence-corrected chi connectivity index (χ4v) is 9.94. The van der Waals surface area contributed by atoms with E-state index in [4.69, 9.17) is 23.7 Å². The summed E-state index contributed by atoms with van der Waals surface area (Å²) in [5.41, 5.74) is -0.657. The minimum atomic E-state index is -1.38. The van der Waals surface area contributed by atoms with Crippen LogP contribution in [0.15, 0.2) is 36.5 Å². The van der Waals surface area contributed by atoms with Gasteiger partial charge in [-0.2, -0.15) is 0 Å². The third-order valence-corrected chi connectivity index (χ3v) is 13.4. The van der Waals surface area contributed by atoms with Gasteiger partial charge in [-0.15, -0.1) is 0 Å². The Labute approximate surface area is 350 Å². The molecule has 13 atom stereocenters. The van der Waals surface area contributed by atoms with Crippen LogP contribution in [0.3, 0.4) is 0 Å². The standard InChI is InChI=1S/C45H68N4O10/c1-13-35-45(14-2)39(49(43(54)59-45)22-21-48(11)25-31-19-20-46-33-18-16-15-17-32(31)33)28(5)36(50)26(3)24-44(8,55-12)40(29(6)37(51)30(7)41(53)57-35)58-42-38(52)34(47(9)10)23-27(4)56-42/h15-20,26-30,34-35,38-40,42,52H,13-14,21-25H2,1-12H3/t26?,27?,28?,29?,30?,34?,35?,38-,39-,40-,42?,44+,45-/m1/s1. The summed E-state index contributed by atoms with van der Waals surface area (Å²) < 4.78 is 31.6. The van der Waals surface area contributed by atoms with Crippen LogP contribution >= 0.6 is 0 Å². The van der Waals surface area contributed by atoms with E-state index in [2.05, 4.69) is 9.88 Å². The van der Waals surface area contributed by atoms with E-state index in [9.17, 15) is 24.3 Å². The van der Waals surface area contributed by atoms with E-state index in [-0.39, 0.29) is 43.7 Å². The van der Waals surface area contributed by atoms with Crippen LogP contribution in [0.25, 0.3) is 10.9 Å². The van der Waals surface area contributed by atoms with Crippen LogP contribution in [0, 0.1) is 23.7 Å². The number of cyclic esters (lactones) is 1. The number of fused-ring (bicyclic) bond motifs is 2. The maximum atomic E-state index is 14.9. The molecule has 0 radical (unpaired) electrons. The summed E-state index contributed by atoms with van der Waals surface area (Å²) in [4.78, 5) is 67.7. The molecule has 0 spiro atoms. The second kappa shape index (κ2) is 19.0. The first-order chi connectivity index (χ1) is 27.8. The largest absolute Gasteiger partial charge is 0.457 e. The van der Waals surface area contributed by atoms with E-state index < -0.39 is 83.4 Å². The molecule has 59 heavy (non-hydrogen) atoms. The first-order valence-electron chi connectivity index (χ1n) is 21.3. The third kappa shape index (κ3) is 9.38. The number of pyridine rings is 1. The second-order valence-electron chi connectivity index (χ2n) is 17.7. The molecule has 1 aromatic heterocycles. The average Bonchev–Trinajstić information content (AvgIpc) is 3.51. The van der Waals surface area contributed by atoms with Crippen molar-refractivity contribution in [2.24, 2.45) is 23.7 Å². The molecule has 14 nitrogen and oxygen atoms in total. The van der Waals surface area contributed by atoms with Gasteiger partial charge >= 0.3 is 12.1 Å². The smallest absolute Gasteiger partial charge is 0.410 e. The number of aliphatic hydroxyl groups excluding tert-OH is 1.